The third-order valence-corrected chi connectivity index (χ3v) is 4.40. The summed E-state index contributed by atoms with van der Waals surface area (Å²) in [7, 11) is 0. The first-order valence-electron chi connectivity index (χ1n) is 6.87. The van der Waals surface area contributed by atoms with Gasteiger partial charge >= 0.3 is 0 Å². The predicted octanol–water partition coefficient (Wildman–Crippen LogP) is 4.57. The standard InChI is InChI=1S/C17H18N2S/c1-12-3-6-14(7-4-12)18-10-9-17-19-15-11-13(2)5-8-16(15)20-17/h3-8,11,18H,9-10H2,1-2H3. The molecule has 0 atom stereocenters. The molecule has 20 heavy (non-hydrogen) atoms. The van der Waals surface area contributed by atoms with Crippen molar-refractivity contribution < 1.29 is 0 Å². The minimum Gasteiger partial charge on any atom is -0.385 e. The van der Waals surface area contributed by atoms with Crippen LogP contribution in [0.1, 0.15) is 16.1 Å². The summed E-state index contributed by atoms with van der Waals surface area (Å²) in [5.74, 6) is 0. The van der Waals surface area contributed by atoms with E-state index in [1.54, 1.807) is 11.3 Å². The van der Waals surface area contributed by atoms with Gasteiger partial charge in [-0.25, -0.2) is 4.98 Å². The van der Waals surface area contributed by atoms with E-state index in [0.29, 0.717) is 0 Å². The molecule has 0 saturated heterocycles. The molecule has 3 rings (SSSR count). The number of rotatable bonds is 4. The average Bonchev–Trinajstić information content (AvgIpc) is 2.83. The fraction of sp³-hybridized carbons (Fsp3) is 0.235. The van der Waals surface area contributed by atoms with E-state index in [-0.39, 0.29) is 0 Å². The number of aryl methyl sites for hydroxylation is 2. The summed E-state index contributed by atoms with van der Waals surface area (Å²) < 4.78 is 1.28. The zero-order valence-corrected chi connectivity index (χ0v) is 12.6. The first-order chi connectivity index (χ1) is 9.70. The molecule has 0 aliphatic carbocycles. The van der Waals surface area contributed by atoms with Crippen molar-refractivity contribution in [2.24, 2.45) is 0 Å². The Hall–Kier alpha value is -1.87. The zero-order valence-electron chi connectivity index (χ0n) is 11.8. The van der Waals surface area contributed by atoms with Crippen molar-refractivity contribution in [2.75, 3.05) is 11.9 Å². The van der Waals surface area contributed by atoms with Crippen molar-refractivity contribution >= 4 is 27.2 Å². The average molecular weight is 282 g/mol. The van der Waals surface area contributed by atoms with Crippen LogP contribution in [0.15, 0.2) is 42.5 Å². The minimum absolute atomic E-state index is 0.919. The van der Waals surface area contributed by atoms with Crippen LogP contribution in [0, 0.1) is 13.8 Å². The molecule has 0 spiro atoms. The van der Waals surface area contributed by atoms with E-state index >= 15 is 0 Å². The summed E-state index contributed by atoms with van der Waals surface area (Å²) in [4.78, 5) is 4.70. The van der Waals surface area contributed by atoms with Gasteiger partial charge < -0.3 is 5.32 Å². The SMILES string of the molecule is Cc1ccc(NCCc2nc3cc(C)ccc3s2)cc1. The van der Waals surface area contributed by atoms with Gasteiger partial charge in [0.05, 0.1) is 15.2 Å². The number of anilines is 1. The molecule has 3 heteroatoms. The molecular weight excluding hydrogens is 264 g/mol. The van der Waals surface area contributed by atoms with Crippen molar-refractivity contribution in [1.29, 1.82) is 0 Å². The van der Waals surface area contributed by atoms with Crippen LogP contribution in [-0.4, -0.2) is 11.5 Å². The summed E-state index contributed by atoms with van der Waals surface area (Å²) in [5.41, 5.74) is 4.86. The van der Waals surface area contributed by atoms with Crippen LogP contribution < -0.4 is 5.32 Å². The molecule has 0 saturated carbocycles. The molecule has 1 aromatic heterocycles. The fourth-order valence-electron chi connectivity index (χ4n) is 2.18. The van der Waals surface area contributed by atoms with Gasteiger partial charge in [-0.15, -0.1) is 11.3 Å². The number of benzene rings is 2. The van der Waals surface area contributed by atoms with Crippen molar-refractivity contribution in [3.05, 3.63) is 58.6 Å². The number of nitrogens with zero attached hydrogens (tertiary/aromatic N) is 1. The monoisotopic (exact) mass is 282 g/mol. The molecule has 2 nitrogen and oxygen atoms in total. The molecule has 0 amide bonds. The highest BCUT2D eigenvalue weighted by Gasteiger charge is 2.03. The maximum Gasteiger partial charge on any atom is 0.0956 e. The number of hydrogen-bond acceptors (Lipinski definition) is 3. The molecule has 0 unspecified atom stereocenters. The van der Waals surface area contributed by atoms with Crippen LogP contribution in [0.25, 0.3) is 10.2 Å². The highest BCUT2D eigenvalue weighted by atomic mass is 32.1. The van der Waals surface area contributed by atoms with Crippen LogP contribution in [0.3, 0.4) is 0 Å². The van der Waals surface area contributed by atoms with Crippen molar-refractivity contribution in [2.45, 2.75) is 20.3 Å². The lowest BCUT2D eigenvalue weighted by molar-refractivity contribution is 1.00. The highest BCUT2D eigenvalue weighted by Crippen LogP contribution is 2.23. The van der Waals surface area contributed by atoms with Gasteiger partial charge in [-0.3, -0.25) is 0 Å². The quantitative estimate of drug-likeness (QED) is 0.758. The Labute approximate surface area is 123 Å². The second-order valence-electron chi connectivity index (χ2n) is 5.12. The van der Waals surface area contributed by atoms with Gasteiger partial charge in [0.25, 0.3) is 0 Å². The van der Waals surface area contributed by atoms with Crippen LogP contribution in [0.4, 0.5) is 5.69 Å². The molecule has 1 heterocycles. The number of hydrogen-bond donors (Lipinski definition) is 1. The van der Waals surface area contributed by atoms with Crippen LogP contribution in [0.5, 0.6) is 0 Å². The van der Waals surface area contributed by atoms with Crippen molar-refractivity contribution in [1.82, 2.24) is 4.98 Å². The maximum atomic E-state index is 4.70. The Morgan fingerprint density at radius 1 is 1.00 bits per heavy atom. The molecule has 3 aromatic rings. The Morgan fingerprint density at radius 3 is 2.55 bits per heavy atom. The van der Waals surface area contributed by atoms with E-state index in [2.05, 4.69) is 61.6 Å². The molecule has 1 N–H and O–H groups in total. The molecule has 0 fully saturated rings. The van der Waals surface area contributed by atoms with Gasteiger partial charge in [0.1, 0.15) is 0 Å². The van der Waals surface area contributed by atoms with E-state index < -0.39 is 0 Å². The number of thiazole rings is 1. The second kappa shape index (κ2) is 5.63. The van der Waals surface area contributed by atoms with Crippen molar-refractivity contribution in [3.8, 4) is 0 Å². The Morgan fingerprint density at radius 2 is 1.75 bits per heavy atom. The molecule has 2 aromatic carbocycles. The summed E-state index contributed by atoms with van der Waals surface area (Å²) >= 11 is 1.79. The summed E-state index contributed by atoms with van der Waals surface area (Å²) in [6, 6.07) is 15.0. The Bertz CT molecular complexity index is 713. The first kappa shape index (κ1) is 13.1. The molecule has 0 bridgehead atoms. The van der Waals surface area contributed by atoms with Crippen LogP contribution in [-0.2, 0) is 6.42 Å². The second-order valence-corrected chi connectivity index (χ2v) is 6.24. The minimum atomic E-state index is 0.919. The largest absolute Gasteiger partial charge is 0.385 e. The number of fused-ring (bicyclic) bond motifs is 1. The molecular formula is C17H18N2S. The summed E-state index contributed by atoms with van der Waals surface area (Å²) in [6.07, 6.45) is 0.965. The van der Waals surface area contributed by atoms with Gasteiger partial charge in [0.2, 0.25) is 0 Å². The van der Waals surface area contributed by atoms with Gasteiger partial charge in [-0.05, 0) is 43.7 Å². The summed E-state index contributed by atoms with van der Waals surface area (Å²) in [5, 5.41) is 4.64. The topological polar surface area (TPSA) is 24.9 Å². The number of nitrogens with one attached hydrogen (secondary N) is 1. The zero-order chi connectivity index (χ0) is 13.9. The Balaban J connectivity index is 1.63. The van der Waals surface area contributed by atoms with Crippen LogP contribution in [0.2, 0.25) is 0 Å². The smallest absolute Gasteiger partial charge is 0.0956 e. The predicted molar refractivity (Wildman–Crippen MR) is 87.7 cm³/mol. The normalized spacial score (nSPS) is 10.9. The van der Waals surface area contributed by atoms with E-state index in [1.165, 1.54) is 26.5 Å². The summed E-state index contributed by atoms with van der Waals surface area (Å²) in [6.45, 7) is 5.13. The molecule has 0 radical (unpaired) electrons. The van der Waals surface area contributed by atoms with E-state index in [1.807, 2.05) is 0 Å². The number of aromatic nitrogens is 1. The fourth-order valence-corrected chi connectivity index (χ4v) is 3.12. The molecule has 0 aliphatic heterocycles. The maximum absolute atomic E-state index is 4.70. The van der Waals surface area contributed by atoms with Crippen molar-refractivity contribution in [3.63, 3.8) is 0 Å². The lowest BCUT2D eigenvalue weighted by atomic mass is 10.2. The molecule has 0 aliphatic rings. The third kappa shape index (κ3) is 2.99. The van der Waals surface area contributed by atoms with E-state index in [0.717, 1.165) is 18.5 Å². The highest BCUT2D eigenvalue weighted by molar-refractivity contribution is 7.18. The van der Waals surface area contributed by atoms with Gasteiger partial charge in [-0.1, -0.05) is 23.8 Å². The first-order valence-corrected chi connectivity index (χ1v) is 7.69. The van der Waals surface area contributed by atoms with E-state index in [9.17, 15) is 0 Å². The Kier molecular flexibility index (Phi) is 3.70. The lowest BCUT2D eigenvalue weighted by Crippen LogP contribution is -2.04. The van der Waals surface area contributed by atoms with E-state index in [4.69, 9.17) is 4.98 Å². The third-order valence-electron chi connectivity index (χ3n) is 3.31. The lowest BCUT2D eigenvalue weighted by Gasteiger charge is -2.04. The van der Waals surface area contributed by atoms with Gasteiger partial charge in [0.15, 0.2) is 0 Å². The molecule has 102 valence electrons. The van der Waals surface area contributed by atoms with Gasteiger partial charge in [-0.2, -0.15) is 0 Å². The van der Waals surface area contributed by atoms with Gasteiger partial charge in [0, 0.05) is 18.7 Å². The van der Waals surface area contributed by atoms with Crippen LogP contribution >= 0.6 is 11.3 Å².